The van der Waals surface area contributed by atoms with Gasteiger partial charge in [-0.3, -0.25) is 0 Å². The lowest BCUT2D eigenvalue weighted by molar-refractivity contribution is 0.138. The number of cyclic esters (lactones) is 1. The average Bonchev–Trinajstić information content (AvgIpc) is 2.86. The van der Waals surface area contributed by atoms with Crippen molar-refractivity contribution >= 4 is 6.09 Å². The Hall–Kier alpha value is -1.55. The number of hydrogen-bond acceptors (Lipinski definition) is 3. The molecule has 96 valence electrons. The molecule has 1 aromatic carbocycles. The van der Waals surface area contributed by atoms with E-state index in [0.29, 0.717) is 18.7 Å². The summed E-state index contributed by atoms with van der Waals surface area (Å²) in [6.45, 7) is 2.13. The molecule has 0 radical (unpaired) electrons. The maximum Gasteiger partial charge on any atom is 0.410 e. The number of carbonyl (C=O) groups is 1. The van der Waals surface area contributed by atoms with E-state index in [1.54, 1.807) is 0 Å². The monoisotopic (exact) mass is 246 g/mol. The molecular weight excluding hydrogens is 228 g/mol. The molecule has 0 aliphatic carbocycles. The van der Waals surface area contributed by atoms with E-state index >= 15 is 0 Å². The lowest BCUT2D eigenvalue weighted by Crippen LogP contribution is -2.47. The number of nitrogens with zero attached hydrogens (tertiary/aromatic N) is 1. The second-order valence-corrected chi connectivity index (χ2v) is 4.91. The van der Waals surface area contributed by atoms with Crippen molar-refractivity contribution in [1.82, 2.24) is 10.2 Å². The van der Waals surface area contributed by atoms with Crippen LogP contribution in [0.2, 0.25) is 0 Å². The number of benzene rings is 1. The molecule has 2 aliphatic heterocycles. The first-order chi connectivity index (χ1) is 8.84. The third kappa shape index (κ3) is 2.20. The van der Waals surface area contributed by atoms with Gasteiger partial charge in [-0.15, -0.1) is 0 Å². The molecule has 0 spiro atoms. The molecule has 0 aromatic heterocycles. The van der Waals surface area contributed by atoms with E-state index in [1.807, 2.05) is 11.0 Å². The second kappa shape index (κ2) is 4.98. The molecule has 4 nitrogen and oxygen atoms in total. The summed E-state index contributed by atoms with van der Waals surface area (Å²) in [7, 11) is 0. The first kappa shape index (κ1) is 11.5. The quantitative estimate of drug-likeness (QED) is 0.867. The molecule has 2 saturated heterocycles. The summed E-state index contributed by atoms with van der Waals surface area (Å²) in [5, 5.41) is 3.53. The van der Waals surface area contributed by atoms with E-state index in [-0.39, 0.29) is 6.09 Å². The highest BCUT2D eigenvalue weighted by Crippen LogP contribution is 2.26. The van der Waals surface area contributed by atoms with Crippen LogP contribution in [0, 0.1) is 0 Å². The number of hydrogen-bond donors (Lipinski definition) is 1. The van der Waals surface area contributed by atoms with Crippen LogP contribution in [0.3, 0.4) is 0 Å². The van der Waals surface area contributed by atoms with Gasteiger partial charge < -0.3 is 15.0 Å². The van der Waals surface area contributed by atoms with Crippen LogP contribution >= 0.6 is 0 Å². The Labute approximate surface area is 107 Å². The number of carbonyl (C=O) groups excluding carboxylic acids is 1. The number of piperidine rings is 1. The van der Waals surface area contributed by atoms with Crippen LogP contribution in [0.4, 0.5) is 4.79 Å². The fourth-order valence-electron chi connectivity index (χ4n) is 2.81. The van der Waals surface area contributed by atoms with Crippen molar-refractivity contribution in [2.75, 3.05) is 19.7 Å². The fraction of sp³-hybridized carbons (Fsp3) is 0.500. The van der Waals surface area contributed by atoms with Gasteiger partial charge in [-0.2, -0.15) is 0 Å². The zero-order chi connectivity index (χ0) is 12.4. The molecule has 0 saturated carbocycles. The summed E-state index contributed by atoms with van der Waals surface area (Å²) in [4.78, 5) is 13.4. The van der Waals surface area contributed by atoms with Crippen LogP contribution in [-0.2, 0) is 4.74 Å². The molecular formula is C14H18N2O2. The number of ether oxygens (including phenoxy) is 1. The molecule has 2 atom stereocenters. The molecule has 2 aliphatic rings. The maximum atomic E-state index is 11.5. The van der Waals surface area contributed by atoms with Gasteiger partial charge in [0, 0.05) is 18.6 Å². The van der Waals surface area contributed by atoms with Gasteiger partial charge >= 0.3 is 6.09 Å². The largest absolute Gasteiger partial charge is 0.448 e. The van der Waals surface area contributed by atoms with Crippen LogP contribution in [0.5, 0.6) is 0 Å². The van der Waals surface area contributed by atoms with Gasteiger partial charge in [-0.05, 0) is 18.4 Å². The third-order valence-corrected chi connectivity index (χ3v) is 3.82. The summed E-state index contributed by atoms with van der Waals surface area (Å²) in [5.41, 5.74) is 1.33. The Morgan fingerprint density at radius 2 is 2.06 bits per heavy atom. The number of amides is 1. The SMILES string of the molecule is O=C1OCCN1C1CCC(c2ccccc2)NC1. The van der Waals surface area contributed by atoms with Gasteiger partial charge in [-0.1, -0.05) is 30.3 Å². The van der Waals surface area contributed by atoms with E-state index in [0.717, 1.165) is 25.9 Å². The van der Waals surface area contributed by atoms with E-state index in [2.05, 4.69) is 29.6 Å². The molecule has 4 heteroatoms. The van der Waals surface area contributed by atoms with Crippen LogP contribution in [-0.4, -0.2) is 36.7 Å². The predicted molar refractivity (Wildman–Crippen MR) is 68.3 cm³/mol. The molecule has 1 N–H and O–H groups in total. The van der Waals surface area contributed by atoms with Crippen LogP contribution in [0.15, 0.2) is 30.3 Å². The van der Waals surface area contributed by atoms with Crippen molar-refractivity contribution in [2.24, 2.45) is 0 Å². The highest BCUT2D eigenvalue weighted by molar-refractivity contribution is 5.69. The smallest absolute Gasteiger partial charge is 0.410 e. The Bertz CT molecular complexity index is 413. The summed E-state index contributed by atoms with van der Waals surface area (Å²) in [6.07, 6.45) is 1.96. The Morgan fingerprint density at radius 1 is 1.22 bits per heavy atom. The normalized spacial score (nSPS) is 28.2. The Kier molecular flexibility index (Phi) is 3.19. The van der Waals surface area contributed by atoms with E-state index in [1.165, 1.54) is 5.56 Å². The van der Waals surface area contributed by atoms with E-state index < -0.39 is 0 Å². The highest BCUT2D eigenvalue weighted by Gasteiger charge is 2.32. The van der Waals surface area contributed by atoms with Crippen LogP contribution < -0.4 is 5.32 Å². The van der Waals surface area contributed by atoms with Crippen molar-refractivity contribution in [1.29, 1.82) is 0 Å². The molecule has 2 fully saturated rings. The lowest BCUT2D eigenvalue weighted by atomic mass is 9.94. The molecule has 1 amide bonds. The average molecular weight is 246 g/mol. The molecule has 18 heavy (non-hydrogen) atoms. The summed E-state index contributed by atoms with van der Waals surface area (Å²) >= 11 is 0. The van der Waals surface area contributed by atoms with Crippen molar-refractivity contribution in [3.63, 3.8) is 0 Å². The second-order valence-electron chi connectivity index (χ2n) is 4.91. The Balaban J connectivity index is 1.60. The topological polar surface area (TPSA) is 41.6 Å². The van der Waals surface area contributed by atoms with Gasteiger partial charge in [0.25, 0.3) is 0 Å². The minimum atomic E-state index is -0.153. The summed E-state index contributed by atoms with van der Waals surface area (Å²) < 4.78 is 4.99. The van der Waals surface area contributed by atoms with Crippen molar-refractivity contribution < 1.29 is 9.53 Å². The molecule has 2 heterocycles. The first-order valence-electron chi connectivity index (χ1n) is 6.56. The van der Waals surface area contributed by atoms with E-state index in [4.69, 9.17) is 4.74 Å². The van der Waals surface area contributed by atoms with Crippen molar-refractivity contribution in [3.8, 4) is 0 Å². The summed E-state index contributed by atoms with van der Waals surface area (Å²) in [5.74, 6) is 0. The predicted octanol–water partition coefficient (Wildman–Crippen LogP) is 1.93. The minimum absolute atomic E-state index is 0.153. The van der Waals surface area contributed by atoms with Crippen molar-refractivity contribution in [3.05, 3.63) is 35.9 Å². The molecule has 0 bridgehead atoms. The maximum absolute atomic E-state index is 11.5. The van der Waals surface area contributed by atoms with Gasteiger partial charge in [0.05, 0.1) is 6.54 Å². The number of nitrogens with one attached hydrogen (secondary N) is 1. The van der Waals surface area contributed by atoms with Gasteiger partial charge in [0.2, 0.25) is 0 Å². The van der Waals surface area contributed by atoms with Gasteiger partial charge in [0.1, 0.15) is 6.61 Å². The van der Waals surface area contributed by atoms with Crippen LogP contribution in [0.1, 0.15) is 24.4 Å². The Morgan fingerprint density at radius 3 is 2.67 bits per heavy atom. The van der Waals surface area contributed by atoms with E-state index in [9.17, 15) is 4.79 Å². The number of rotatable bonds is 2. The molecule has 3 rings (SSSR count). The zero-order valence-electron chi connectivity index (χ0n) is 10.3. The zero-order valence-corrected chi connectivity index (χ0v) is 10.3. The molecule has 2 unspecified atom stereocenters. The summed E-state index contributed by atoms with van der Waals surface area (Å²) in [6, 6.07) is 11.2. The van der Waals surface area contributed by atoms with Gasteiger partial charge in [-0.25, -0.2) is 4.79 Å². The lowest BCUT2D eigenvalue weighted by Gasteiger charge is -2.34. The first-order valence-corrected chi connectivity index (χ1v) is 6.56. The molecule has 1 aromatic rings. The highest BCUT2D eigenvalue weighted by atomic mass is 16.6. The minimum Gasteiger partial charge on any atom is -0.448 e. The standard InChI is InChI=1S/C14H18N2O2/c17-14-16(8-9-18-14)12-6-7-13(15-10-12)11-4-2-1-3-5-11/h1-5,12-13,15H,6-10H2. The third-order valence-electron chi connectivity index (χ3n) is 3.82. The fourth-order valence-corrected chi connectivity index (χ4v) is 2.81. The van der Waals surface area contributed by atoms with Crippen LogP contribution in [0.25, 0.3) is 0 Å². The van der Waals surface area contributed by atoms with Crippen molar-refractivity contribution in [2.45, 2.75) is 24.9 Å². The van der Waals surface area contributed by atoms with Gasteiger partial charge in [0.15, 0.2) is 0 Å².